The van der Waals surface area contributed by atoms with Crippen LogP contribution in [0.1, 0.15) is 39.4 Å². The van der Waals surface area contributed by atoms with Crippen molar-refractivity contribution in [1.82, 2.24) is 14.7 Å². The number of rotatable bonds is 3. The lowest BCUT2D eigenvalue weighted by molar-refractivity contribution is 0.0368. The molecule has 24 heavy (non-hydrogen) atoms. The topological polar surface area (TPSA) is 47.4 Å². The molecule has 3 heterocycles. The first-order valence-electron chi connectivity index (χ1n) is 8.79. The van der Waals surface area contributed by atoms with Crippen molar-refractivity contribution in [2.24, 2.45) is 0 Å². The molecule has 2 aromatic heterocycles. The van der Waals surface area contributed by atoms with Crippen LogP contribution in [0.2, 0.25) is 0 Å². The third-order valence-corrected chi connectivity index (χ3v) is 6.02. The first kappa shape index (κ1) is 15.8. The van der Waals surface area contributed by atoms with Crippen LogP contribution < -0.4 is 0 Å². The number of thiophene rings is 1. The summed E-state index contributed by atoms with van der Waals surface area (Å²) in [5.41, 5.74) is 1.40. The van der Waals surface area contributed by atoms with Gasteiger partial charge in [0.2, 0.25) is 0 Å². The molecule has 1 aliphatic heterocycles. The molecule has 2 aromatic rings. The van der Waals surface area contributed by atoms with Crippen molar-refractivity contribution >= 4 is 17.2 Å². The number of aromatic nitrogens is 2. The third-order valence-electron chi connectivity index (χ3n) is 4.79. The molecular formula is C18H23N3O2S. The van der Waals surface area contributed by atoms with E-state index in [-0.39, 0.29) is 12.0 Å². The normalized spacial score (nSPS) is 21.3. The molecule has 0 saturated carbocycles. The van der Waals surface area contributed by atoms with Gasteiger partial charge in [-0.2, -0.15) is 5.10 Å². The van der Waals surface area contributed by atoms with Gasteiger partial charge in [0.05, 0.1) is 17.5 Å². The van der Waals surface area contributed by atoms with Gasteiger partial charge in [-0.05, 0) is 49.8 Å². The summed E-state index contributed by atoms with van der Waals surface area (Å²) in [6.07, 6.45) is 9.38. The Balaban J connectivity index is 1.47. The molecule has 1 aliphatic carbocycles. The van der Waals surface area contributed by atoms with Crippen LogP contribution in [-0.2, 0) is 24.1 Å². The summed E-state index contributed by atoms with van der Waals surface area (Å²) >= 11 is 1.70. The number of carbonyl (C=O) groups is 1. The fourth-order valence-corrected chi connectivity index (χ4v) is 4.78. The molecule has 1 amide bonds. The molecule has 1 atom stereocenters. The molecule has 0 spiro atoms. The molecule has 1 saturated heterocycles. The van der Waals surface area contributed by atoms with E-state index in [0.717, 1.165) is 30.7 Å². The summed E-state index contributed by atoms with van der Waals surface area (Å²) in [5, 5.41) is 4.25. The van der Waals surface area contributed by atoms with E-state index in [1.54, 1.807) is 17.5 Å². The van der Waals surface area contributed by atoms with E-state index in [0.29, 0.717) is 19.7 Å². The molecule has 0 radical (unpaired) electrons. The Morgan fingerprint density at radius 3 is 3.08 bits per heavy atom. The molecule has 128 valence electrons. The average molecular weight is 345 g/mol. The number of nitrogens with zero attached hydrogens (tertiary/aromatic N) is 3. The van der Waals surface area contributed by atoms with E-state index in [4.69, 9.17) is 4.74 Å². The lowest BCUT2D eigenvalue weighted by atomic mass is 9.99. The standard InChI is InChI=1S/C18H23N3O2S/c22-18(17-11-14-5-1-2-6-16(14)24-17)20-8-4-10-23-15(12-20)13-21-9-3-7-19-21/h3,7,9,11,15H,1-2,4-6,8,10,12-13H2/t15-/m1/s1. The highest BCUT2D eigenvalue weighted by atomic mass is 32.1. The molecule has 5 nitrogen and oxygen atoms in total. The maximum absolute atomic E-state index is 13.0. The van der Waals surface area contributed by atoms with Crippen LogP contribution in [0.3, 0.4) is 0 Å². The molecule has 0 aromatic carbocycles. The Kier molecular flexibility index (Phi) is 4.67. The highest BCUT2D eigenvalue weighted by Gasteiger charge is 2.26. The van der Waals surface area contributed by atoms with E-state index in [1.807, 2.05) is 21.8 Å². The Hall–Kier alpha value is -1.66. The molecule has 0 unspecified atom stereocenters. The van der Waals surface area contributed by atoms with Crippen molar-refractivity contribution in [2.45, 2.75) is 44.8 Å². The number of ether oxygens (including phenoxy) is 1. The first-order valence-corrected chi connectivity index (χ1v) is 9.61. The number of carbonyl (C=O) groups excluding carboxylic acids is 1. The molecule has 4 rings (SSSR count). The van der Waals surface area contributed by atoms with E-state index in [9.17, 15) is 4.79 Å². The van der Waals surface area contributed by atoms with Gasteiger partial charge < -0.3 is 9.64 Å². The minimum Gasteiger partial charge on any atom is -0.374 e. The predicted octanol–water partition coefficient (Wildman–Crippen LogP) is 2.75. The second-order valence-electron chi connectivity index (χ2n) is 6.59. The summed E-state index contributed by atoms with van der Waals surface area (Å²) in [5.74, 6) is 0.172. The van der Waals surface area contributed by atoms with Gasteiger partial charge in [0, 0.05) is 37.0 Å². The third kappa shape index (κ3) is 3.39. The summed E-state index contributed by atoms with van der Waals surface area (Å²) in [6, 6.07) is 4.05. The molecule has 1 fully saturated rings. The van der Waals surface area contributed by atoms with Gasteiger partial charge in [0.25, 0.3) is 5.91 Å². The number of fused-ring (bicyclic) bond motifs is 1. The Morgan fingerprint density at radius 1 is 1.33 bits per heavy atom. The Morgan fingerprint density at radius 2 is 2.25 bits per heavy atom. The second-order valence-corrected chi connectivity index (χ2v) is 7.73. The van der Waals surface area contributed by atoms with Crippen LogP contribution in [0.4, 0.5) is 0 Å². The van der Waals surface area contributed by atoms with E-state index >= 15 is 0 Å². The smallest absolute Gasteiger partial charge is 0.264 e. The zero-order valence-corrected chi connectivity index (χ0v) is 14.6. The number of amides is 1. The van der Waals surface area contributed by atoms with Crippen LogP contribution >= 0.6 is 11.3 Å². The highest BCUT2D eigenvalue weighted by molar-refractivity contribution is 7.14. The zero-order valence-electron chi connectivity index (χ0n) is 13.8. The summed E-state index contributed by atoms with van der Waals surface area (Å²) in [6.45, 7) is 2.81. The van der Waals surface area contributed by atoms with Crippen LogP contribution in [0.25, 0.3) is 0 Å². The number of hydrogen-bond acceptors (Lipinski definition) is 4. The quantitative estimate of drug-likeness (QED) is 0.859. The first-order chi connectivity index (χ1) is 11.8. The van der Waals surface area contributed by atoms with Gasteiger partial charge in [0.15, 0.2) is 0 Å². The average Bonchev–Trinajstić information content (AvgIpc) is 3.20. The van der Waals surface area contributed by atoms with Crippen LogP contribution in [-0.4, -0.2) is 46.4 Å². The molecule has 0 bridgehead atoms. The SMILES string of the molecule is O=C(c1cc2c(s1)CCCC2)N1CCCO[C@@H](Cn2cccn2)C1. The number of aryl methyl sites for hydroxylation is 2. The molecule has 0 N–H and O–H groups in total. The molecule has 6 heteroatoms. The van der Waals surface area contributed by atoms with Gasteiger partial charge >= 0.3 is 0 Å². The van der Waals surface area contributed by atoms with Gasteiger partial charge in [-0.1, -0.05) is 0 Å². The molecule has 2 aliphatic rings. The van der Waals surface area contributed by atoms with Crippen molar-refractivity contribution in [3.63, 3.8) is 0 Å². The van der Waals surface area contributed by atoms with Crippen molar-refractivity contribution < 1.29 is 9.53 Å². The molecular weight excluding hydrogens is 322 g/mol. The minimum atomic E-state index is 0.00550. The van der Waals surface area contributed by atoms with E-state index < -0.39 is 0 Å². The Labute approximate surface area is 146 Å². The Bertz CT molecular complexity index is 672. The van der Waals surface area contributed by atoms with Crippen molar-refractivity contribution in [3.8, 4) is 0 Å². The maximum Gasteiger partial charge on any atom is 0.264 e. The van der Waals surface area contributed by atoms with E-state index in [1.165, 1.54) is 23.3 Å². The fraction of sp³-hybridized carbons (Fsp3) is 0.556. The lowest BCUT2D eigenvalue weighted by Crippen LogP contribution is -2.38. The zero-order chi connectivity index (χ0) is 16.4. The van der Waals surface area contributed by atoms with Gasteiger partial charge in [-0.25, -0.2) is 0 Å². The van der Waals surface area contributed by atoms with Gasteiger partial charge in [-0.15, -0.1) is 11.3 Å². The van der Waals surface area contributed by atoms with Crippen LogP contribution in [0.15, 0.2) is 24.5 Å². The second kappa shape index (κ2) is 7.07. The van der Waals surface area contributed by atoms with Crippen molar-refractivity contribution in [3.05, 3.63) is 39.8 Å². The van der Waals surface area contributed by atoms with E-state index in [2.05, 4.69) is 11.2 Å². The predicted molar refractivity (Wildman–Crippen MR) is 93.4 cm³/mol. The lowest BCUT2D eigenvalue weighted by Gasteiger charge is -2.23. The summed E-state index contributed by atoms with van der Waals surface area (Å²) in [4.78, 5) is 17.3. The highest BCUT2D eigenvalue weighted by Crippen LogP contribution is 2.30. The fourth-order valence-electron chi connectivity index (χ4n) is 3.56. The monoisotopic (exact) mass is 345 g/mol. The number of hydrogen-bond donors (Lipinski definition) is 0. The van der Waals surface area contributed by atoms with Crippen molar-refractivity contribution in [1.29, 1.82) is 0 Å². The minimum absolute atomic E-state index is 0.00550. The summed E-state index contributed by atoms with van der Waals surface area (Å²) < 4.78 is 7.80. The maximum atomic E-state index is 13.0. The summed E-state index contributed by atoms with van der Waals surface area (Å²) in [7, 11) is 0. The van der Waals surface area contributed by atoms with Crippen LogP contribution in [0, 0.1) is 0 Å². The van der Waals surface area contributed by atoms with Gasteiger partial charge in [0.1, 0.15) is 0 Å². The largest absolute Gasteiger partial charge is 0.374 e. The van der Waals surface area contributed by atoms with Gasteiger partial charge in [-0.3, -0.25) is 9.48 Å². The van der Waals surface area contributed by atoms with Crippen molar-refractivity contribution in [2.75, 3.05) is 19.7 Å². The van der Waals surface area contributed by atoms with Crippen LogP contribution in [0.5, 0.6) is 0 Å².